The van der Waals surface area contributed by atoms with Gasteiger partial charge in [-0.2, -0.15) is 0 Å². The standard InChI is InChI=1S/C17H24N2O3/c1-3-18(10-11-19-16(21)8-9-17(19)22)12-15(20)14-6-4-13(2)5-7-14/h4-7,15,20H,3,8-12H2,1-2H3. The Morgan fingerprint density at radius 3 is 2.32 bits per heavy atom. The van der Waals surface area contributed by atoms with Crippen molar-refractivity contribution in [3.05, 3.63) is 35.4 Å². The molecule has 0 aliphatic carbocycles. The Morgan fingerprint density at radius 1 is 1.18 bits per heavy atom. The molecule has 5 nitrogen and oxygen atoms in total. The highest BCUT2D eigenvalue weighted by molar-refractivity contribution is 6.01. The van der Waals surface area contributed by atoms with E-state index in [9.17, 15) is 14.7 Å². The van der Waals surface area contributed by atoms with E-state index < -0.39 is 6.10 Å². The van der Waals surface area contributed by atoms with Crippen molar-refractivity contribution < 1.29 is 14.7 Å². The number of amides is 2. The molecule has 0 radical (unpaired) electrons. The highest BCUT2D eigenvalue weighted by atomic mass is 16.3. The van der Waals surface area contributed by atoms with Gasteiger partial charge in [-0.25, -0.2) is 0 Å². The molecule has 2 rings (SSSR count). The van der Waals surface area contributed by atoms with E-state index in [2.05, 4.69) is 4.90 Å². The SMILES string of the molecule is CCN(CCN1C(=O)CCC1=O)CC(O)c1ccc(C)cc1. The molecule has 1 unspecified atom stereocenters. The number of carbonyl (C=O) groups excluding carboxylic acids is 2. The minimum absolute atomic E-state index is 0.0832. The Labute approximate surface area is 131 Å². The minimum Gasteiger partial charge on any atom is -0.387 e. The molecular weight excluding hydrogens is 280 g/mol. The Kier molecular flexibility index (Phi) is 5.69. The van der Waals surface area contributed by atoms with Crippen LogP contribution in [0, 0.1) is 6.92 Å². The first-order valence-corrected chi connectivity index (χ1v) is 7.81. The van der Waals surface area contributed by atoms with Crippen LogP contribution in [0.25, 0.3) is 0 Å². The van der Waals surface area contributed by atoms with Crippen LogP contribution in [0.2, 0.25) is 0 Å². The first kappa shape index (κ1) is 16.6. The maximum atomic E-state index is 11.6. The van der Waals surface area contributed by atoms with Gasteiger partial charge in [-0.3, -0.25) is 19.4 Å². The molecule has 2 amide bonds. The van der Waals surface area contributed by atoms with Gasteiger partial charge < -0.3 is 5.11 Å². The summed E-state index contributed by atoms with van der Waals surface area (Å²) in [5.41, 5.74) is 2.05. The zero-order valence-electron chi connectivity index (χ0n) is 13.3. The van der Waals surface area contributed by atoms with E-state index in [-0.39, 0.29) is 11.8 Å². The summed E-state index contributed by atoms with van der Waals surface area (Å²) in [6.45, 7) is 6.28. The predicted octanol–water partition coefficient (Wildman–Crippen LogP) is 1.50. The maximum Gasteiger partial charge on any atom is 0.229 e. The van der Waals surface area contributed by atoms with Crippen molar-refractivity contribution in [2.45, 2.75) is 32.8 Å². The lowest BCUT2D eigenvalue weighted by molar-refractivity contribution is -0.138. The topological polar surface area (TPSA) is 60.9 Å². The summed E-state index contributed by atoms with van der Waals surface area (Å²) in [6, 6.07) is 7.83. The molecule has 1 saturated heterocycles. The second kappa shape index (κ2) is 7.51. The van der Waals surface area contributed by atoms with Crippen LogP contribution in [-0.4, -0.2) is 52.9 Å². The van der Waals surface area contributed by atoms with Crippen LogP contribution in [0.5, 0.6) is 0 Å². The van der Waals surface area contributed by atoms with Gasteiger partial charge in [0.15, 0.2) is 0 Å². The number of carbonyl (C=O) groups is 2. The third-order valence-corrected chi connectivity index (χ3v) is 4.14. The molecule has 120 valence electrons. The van der Waals surface area contributed by atoms with Gasteiger partial charge in [0.05, 0.1) is 6.10 Å². The lowest BCUT2D eigenvalue weighted by atomic mass is 10.1. The van der Waals surface area contributed by atoms with E-state index in [1.54, 1.807) is 0 Å². The molecule has 0 aromatic heterocycles. The molecule has 0 spiro atoms. The van der Waals surface area contributed by atoms with Gasteiger partial charge in [0.1, 0.15) is 0 Å². The second-order valence-corrected chi connectivity index (χ2v) is 5.76. The van der Waals surface area contributed by atoms with E-state index in [1.165, 1.54) is 4.90 Å². The number of hydrogen-bond acceptors (Lipinski definition) is 4. The van der Waals surface area contributed by atoms with E-state index in [0.717, 1.165) is 17.7 Å². The molecule has 1 atom stereocenters. The number of rotatable bonds is 7. The number of likely N-dealkylation sites (tertiary alicyclic amines) is 1. The number of aliphatic hydroxyl groups excluding tert-OH is 1. The third-order valence-electron chi connectivity index (χ3n) is 4.14. The van der Waals surface area contributed by atoms with E-state index in [4.69, 9.17) is 0 Å². The highest BCUT2D eigenvalue weighted by Gasteiger charge is 2.28. The molecule has 1 aromatic carbocycles. The van der Waals surface area contributed by atoms with Crippen LogP contribution in [-0.2, 0) is 9.59 Å². The lowest BCUT2D eigenvalue weighted by Gasteiger charge is -2.25. The van der Waals surface area contributed by atoms with Crippen molar-refractivity contribution in [2.75, 3.05) is 26.2 Å². The number of benzene rings is 1. The average molecular weight is 304 g/mol. The zero-order chi connectivity index (χ0) is 16.1. The van der Waals surface area contributed by atoms with E-state index in [1.807, 2.05) is 38.1 Å². The van der Waals surface area contributed by atoms with Crippen LogP contribution in [0.3, 0.4) is 0 Å². The summed E-state index contributed by atoms with van der Waals surface area (Å²) in [7, 11) is 0. The molecule has 1 N–H and O–H groups in total. The minimum atomic E-state index is -0.564. The highest BCUT2D eigenvalue weighted by Crippen LogP contribution is 2.16. The number of nitrogens with zero attached hydrogens (tertiary/aromatic N) is 2. The molecule has 0 bridgehead atoms. The normalized spacial score (nSPS) is 16.6. The molecule has 22 heavy (non-hydrogen) atoms. The van der Waals surface area contributed by atoms with Crippen molar-refractivity contribution in [1.82, 2.24) is 9.80 Å². The van der Waals surface area contributed by atoms with E-state index >= 15 is 0 Å². The molecule has 1 aliphatic rings. The van der Waals surface area contributed by atoms with Gasteiger partial charge in [-0.1, -0.05) is 36.8 Å². The molecule has 1 aliphatic heterocycles. The number of hydrogen-bond donors (Lipinski definition) is 1. The van der Waals surface area contributed by atoms with E-state index in [0.29, 0.717) is 32.5 Å². The summed E-state index contributed by atoms with van der Waals surface area (Å²) < 4.78 is 0. The predicted molar refractivity (Wildman–Crippen MR) is 84.2 cm³/mol. The summed E-state index contributed by atoms with van der Waals surface area (Å²) in [5.74, 6) is -0.166. The van der Waals surface area contributed by atoms with Crippen molar-refractivity contribution in [3.63, 3.8) is 0 Å². The monoisotopic (exact) mass is 304 g/mol. The number of aryl methyl sites for hydroxylation is 1. The van der Waals surface area contributed by atoms with Crippen molar-refractivity contribution in [1.29, 1.82) is 0 Å². The van der Waals surface area contributed by atoms with Gasteiger partial charge in [0.2, 0.25) is 11.8 Å². The van der Waals surface area contributed by atoms with Gasteiger partial charge >= 0.3 is 0 Å². The summed E-state index contributed by atoms with van der Waals surface area (Å²) in [4.78, 5) is 26.6. The van der Waals surface area contributed by atoms with Gasteiger partial charge in [0.25, 0.3) is 0 Å². The Morgan fingerprint density at radius 2 is 1.77 bits per heavy atom. The zero-order valence-corrected chi connectivity index (χ0v) is 13.3. The molecular formula is C17H24N2O3. The van der Waals surface area contributed by atoms with Crippen LogP contribution in [0.15, 0.2) is 24.3 Å². The lowest BCUT2D eigenvalue weighted by Crippen LogP contribution is -2.39. The van der Waals surface area contributed by atoms with Gasteiger partial charge in [0, 0.05) is 32.5 Å². The molecule has 1 fully saturated rings. The Bertz CT molecular complexity index is 511. The fourth-order valence-corrected chi connectivity index (χ4v) is 2.63. The first-order chi connectivity index (χ1) is 10.5. The Hall–Kier alpha value is -1.72. The van der Waals surface area contributed by atoms with Gasteiger partial charge in [-0.05, 0) is 19.0 Å². The van der Waals surface area contributed by atoms with Crippen molar-refractivity contribution in [2.24, 2.45) is 0 Å². The smallest absolute Gasteiger partial charge is 0.229 e. The van der Waals surface area contributed by atoms with Crippen molar-refractivity contribution in [3.8, 4) is 0 Å². The van der Waals surface area contributed by atoms with Crippen LogP contribution in [0.4, 0.5) is 0 Å². The number of imide groups is 1. The summed E-state index contributed by atoms with van der Waals surface area (Å²) in [6.07, 6.45) is 0.0963. The number of likely N-dealkylation sites (N-methyl/N-ethyl adjacent to an activating group) is 1. The van der Waals surface area contributed by atoms with Gasteiger partial charge in [-0.15, -0.1) is 0 Å². The molecule has 1 aromatic rings. The molecule has 1 heterocycles. The largest absolute Gasteiger partial charge is 0.387 e. The Balaban J connectivity index is 1.87. The van der Waals surface area contributed by atoms with Crippen LogP contribution in [0.1, 0.15) is 37.0 Å². The van der Waals surface area contributed by atoms with Crippen LogP contribution < -0.4 is 0 Å². The second-order valence-electron chi connectivity index (χ2n) is 5.76. The fraction of sp³-hybridized carbons (Fsp3) is 0.529. The molecule has 0 saturated carbocycles. The quantitative estimate of drug-likeness (QED) is 0.776. The summed E-state index contributed by atoms with van der Waals surface area (Å²) in [5, 5.41) is 10.3. The fourth-order valence-electron chi connectivity index (χ4n) is 2.63. The number of aliphatic hydroxyl groups is 1. The summed E-state index contributed by atoms with van der Waals surface area (Å²) >= 11 is 0. The first-order valence-electron chi connectivity index (χ1n) is 7.81. The maximum absolute atomic E-state index is 11.6. The third kappa shape index (κ3) is 4.15. The van der Waals surface area contributed by atoms with Crippen molar-refractivity contribution >= 4 is 11.8 Å². The molecule has 5 heteroatoms. The van der Waals surface area contributed by atoms with Crippen LogP contribution >= 0.6 is 0 Å². The average Bonchev–Trinajstić information content (AvgIpc) is 2.83.